The Labute approximate surface area is 127 Å². The minimum atomic E-state index is -4.31. The highest BCUT2D eigenvalue weighted by molar-refractivity contribution is 7.17. The summed E-state index contributed by atoms with van der Waals surface area (Å²) in [4.78, 5) is 4.00. The first-order chi connectivity index (χ1) is 10.4. The van der Waals surface area contributed by atoms with Gasteiger partial charge in [-0.25, -0.2) is 0 Å². The Morgan fingerprint density at radius 2 is 1.95 bits per heavy atom. The van der Waals surface area contributed by atoms with E-state index in [4.69, 9.17) is 0 Å². The Morgan fingerprint density at radius 1 is 1.18 bits per heavy atom. The zero-order chi connectivity index (χ0) is 15.7. The molecule has 114 valence electrons. The average Bonchev–Trinajstić information content (AvgIpc) is 3.07. The van der Waals surface area contributed by atoms with Gasteiger partial charge in [0.2, 0.25) is 0 Å². The van der Waals surface area contributed by atoms with Gasteiger partial charge in [0, 0.05) is 23.7 Å². The van der Waals surface area contributed by atoms with Gasteiger partial charge in [-0.3, -0.25) is 9.67 Å². The largest absolute Gasteiger partial charge is 0.408 e. The van der Waals surface area contributed by atoms with Crippen LogP contribution in [-0.2, 0) is 6.54 Å². The molecule has 22 heavy (non-hydrogen) atoms. The fraction of sp³-hybridized carbons (Fsp3) is 0.231. The predicted octanol–water partition coefficient (Wildman–Crippen LogP) is 3.33. The predicted molar refractivity (Wildman–Crippen MR) is 75.2 cm³/mol. The van der Waals surface area contributed by atoms with Crippen LogP contribution in [0.5, 0.6) is 0 Å². The van der Waals surface area contributed by atoms with E-state index in [0.29, 0.717) is 21.3 Å². The van der Waals surface area contributed by atoms with Gasteiger partial charge < -0.3 is 0 Å². The number of hydrogen-bond acceptors (Lipinski definition) is 5. The molecule has 3 rings (SSSR count). The van der Waals surface area contributed by atoms with Crippen molar-refractivity contribution in [3.8, 4) is 21.1 Å². The van der Waals surface area contributed by atoms with Gasteiger partial charge in [0.1, 0.15) is 11.6 Å². The van der Waals surface area contributed by atoms with Crippen molar-refractivity contribution in [1.29, 1.82) is 0 Å². The summed E-state index contributed by atoms with van der Waals surface area (Å²) in [5.74, 6) is 0. The van der Waals surface area contributed by atoms with Crippen molar-refractivity contribution < 1.29 is 13.2 Å². The highest BCUT2D eigenvalue weighted by atomic mass is 32.1. The molecule has 3 aromatic heterocycles. The lowest BCUT2D eigenvalue weighted by Gasteiger charge is -2.08. The highest BCUT2D eigenvalue weighted by Gasteiger charge is 2.29. The maximum absolute atomic E-state index is 12.5. The molecule has 0 aliphatic carbocycles. The van der Waals surface area contributed by atoms with E-state index in [2.05, 4.69) is 20.3 Å². The topological polar surface area (TPSA) is 56.5 Å². The Hall–Kier alpha value is -2.29. The number of nitrogens with zero attached hydrogens (tertiary/aromatic N) is 5. The van der Waals surface area contributed by atoms with Crippen LogP contribution >= 0.6 is 11.3 Å². The second-order valence-electron chi connectivity index (χ2n) is 4.57. The Morgan fingerprint density at radius 3 is 2.64 bits per heavy atom. The Kier molecular flexibility index (Phi) is 3.65. The maximum atomic E-state index is 12.5. The smallest absolute Gasteiger partial charge is 0.264 e. The number of hydrogen-bond donors (Lipinski definition) is 0. The molecule has 0 fully saturated rings. The molecule has 3 aromatic rings. The standard InChI is InChI=1S/C13H10F3N5S/c1-8-10(6-18-21(8)7-13(14,15)16)12-20-19-11(22-12)9-3-2-4-17-5-9/h2-6H,7H2,1H3. The molecule has 0 saturated heterocycles. The molecular weight excluding hydrogens is 315 g/mol. The third kappa shape index (κ3) is 2.98. The molecule has 0 atom stereocenters. The lowest BCUT2D eigenvalue weighted by Crippen LogP contribution is -2.19. The number of pyridine rings is 1. The quantitative estimate of drug-likeness (QED) is 0.741. The molecule has 0 unspecified atom stereocenters. The lowest BCUT2D eigenvalue weighted by atomic mass is 10.3. The van der Waals surface area contributed by atoms with E-state index in [-0.39, 0.29) is 0 Å². The number of aromatic nitrogens is 5. The van der Waals surface area contributed by atoms with Crippen LogP contribution in [0.2, 0.25) is 0 Å². The third-order valence-electron chi connectivity index (χ3n) is 3.00. The van der Waals surface area contributed by atoms with Crippen molar-refractivity contribution in [3.05, 3.63) is 36.4 Å². The van der Waals surface area contributed by atoms with E-state index >= 15 is 0 Å². The molecule has 0 aromatic carbocycles. The molecule has 0 radical (unpaired) electrons. The van der Waals surface area contributed by atoms with Crippen molar-refractivity contribution in [3.63, 3.8) is 0 Å². The van der Waals surface area contributed by atoms with Crippen LogP contribution in [0.25, 0.3) is 21.1 Å². The molecule has 0 aliphatic rings. The normalized spacial score (nSPS) is 11.8. The fourth-order valence-electron chi connectivity index (χ4n) is 1.92. The van der Waals surface area contributed by atoms with Crippen LogP contribution in [0.3, 0.4) is 0 Å². The Balaban J connectivity index is 1.91. The summed E-state index contributed by atoms with van der Waals surface area (Å²) in [5.41, 5.74) is 1.77. The van der Waals surface area contributed by atoms with Crippen LogP contribution in [0.1, 0.15) is 5.69 Å². The molecule has 0 aliphatic heterocycles. The number of rotatable bonds is 3. The van der Waals surface area contributed by atoms with Gasteiger partial charge >= 0.3 is 6.18 Å². The van der Waals surface area contributed by atoms with Crippen molar-refractivity contribution >= 4 is 11.3 Å². The highest BCUT2D eigenvalue weighted by Crippen LogP contribution is 2.31. The van der Waals surface area contributed by atoms with Gasteiger partial charge in [0.05, 0.1) is 11.8 Å². The van der Waals surface area contributed by atoms with Crippen molar-refractivity contribution in [2.45, 2.75) is 19.6 Å². The summed E-state index contributed by atoms with van der Waals surface area (Å²) in [5, 5.41) is 13.1. The summed E-state index contributed by atoms with van der Waals surface area (Å²) in [6, 6.07) is 3.63. The van der Waals surface area contributed by atoms with Crippen LogP contribution in [0.15, 0.2) is 30.7 Å². The first-order valence-electron chi connectivity index (χ1n) is 6.27. The van der Waals surface area contributed by atoms with E-state index < -0.39 is 12.7 Å². The number of halogens is 3. The molecule has 0 N–H and O–H groups in total. The van der Waals surface area contributed by atoms with Gasteiger partial charge in [0.15, 0.2) is 5.01 Å². The second kappa shape index (κ2) is 5.48. The first-order valence-corrected chi connectivity index (χ1v) is 7.09. The fourth-order valence-corrected chi connectivity index (χ4v) is 2.82. The van der Waals surface area contributed by atoms with Crippen LogP contribution in [0.4, 0.5) is 13.2 Å². The molecule has 3 heterocycles. The van der Waals surface area contributed by atoms with E-state index in [9.17, 15) is 13.2 Å². The van der Waals surface area contributed by atoms with E-state index in [0.717, 1.165) is 10.2 Å². The first kappa shape index (κ1) is 14.6. The maximum Gasteiger partial charge on any atom is 0.408 e. The van der Waals surface area contributed by atoms with Crippen LogP contribution < -0.4 is 0 Å². The average molecular weight is 325 g/mol. The molecule has 5 nitrogen and oxygen atoms in total. The van der Waals surface area contributed by atoms with E-state index in [1.165, 1.54) is 17.5 Å². The summed E-state index contributed by atoms with van der Waals surface area (Å²) in [7, 11) is 0. The monoisotopic (exact) mass is 325 g/mol. The van der Waals surface area contributed by atoms with E-state index in [1.807, 2.05) is 6.07 Å². The Bertz CT molecular complexity index is 779. The van der Waals surface area contributed by atoms with Crippen LogP contribution in [0, 0.1) is 6.92 Å². The summed E-state index contributed by atoms with van der Waals surface area (Å²) in [6.45, 7) is 0.465. The van der Waals surface area contributed by atoms with Gasteiger partial charge in [0.25, 0.3) is 0 Å². The minimum Gasteiger partial charge on any atom is -0.264 e. The van der Waals surface area contributed by atoms with Gasteiger partial charge in [-0.15, -0.1) is 10.2 Å². The SMILES string of the molecule is Cc1c(-c2nnc(-c3cccnc3)s2)cnn1CC(F)(F)F. The minimum absolute atomic E-state index is 0.409. The molecule has 0 amide bonds. The zero-order valence-corrected chi connectivity index (χ0v) is 12.2. The lowest BCUT2D eigenvalue weighted by molar-refractivity contribution is -0.142. The number of alkyl halides is 3. The zero-order valence-electron chi connectivity index (χ0n) is 11.4. The van der Waals surface area contributed by atoms with Gasteiger partial charge in [-0.05, 0) is 19.1 Å². The molecule has 9 heteroatoms. The molecule has 0 spiro atoms. The second-order valence-corrected chi connectivity index (χ2v) is 5.55. The summed E-state index contributed by atoms with van der Waals surface area (Å²) < 4.78 is 38.3. The van der Waals surface area contributed by atoms with Crippen molar-refractivity contribution in [1.82, 2.24) is 25.0 Å². The van der Waals surface area contributed by atoms with Crippen molar-refractivity contribution in [2.75, 3.05) is 0 Å². The van der Waals surface area contributed by atoms with Gasteiger partial charge in [-0.1, -0.05) is 11.3 Å². The summed E-state index contributed by atoms with van der Waals surface area (Å²) >= 11 is 1.29. The molecular formula is C13H10F3N5S. The van der Waals surface area contributed by atoms with Crippen molar-refractivity contribution in [2.24, 2.45) is 0 Å². The molecule has 0 bridgehead atoms. The summed E-state index contributed by atoms with van der Waals surface area (Å²) in [6.07, 6.45) is 0.381. The third-order valence-corrected chi connectivity index (χ3v) is 4.00. The van der Waals surface area contributed by atoms with Gasteiger partial charge in [-0.2, -0.15) is 18.3 Å². The van der Waals surface area contributed by atoms with Crippen LogP contribution in [-0.4, -0.2) is 31.1 Å². The molecule has 0 saturated carbocycles. The van der Waals surface area contributed by atoms with E-state index in [1.54, 1.807) is 25.4 Å².